The van der Waals surface area contributed by atoms with Gasteiger partial charge in [0.25, 0.3) is 5.91 Å². The van der Waals surface area contributed by atoms with Crippen LogP contribution >= 0.6 is 0 Å². The molecule has 0 aromatic carbocycles. The Hall–Kier alpha value is -2.12. The van der Waals surface area contributed by atoms with E-state index in [4.69, 9.17) is 0 Å². The Balaban J connectivity index is 2.48. The summed E-state index contributed by atoms with van der Waals surface area (Å²) in [6, 6.07) is -1.29. The maximum absolute atomic E-state index is 11.9. The predicted molar refractivity (Wildman–Crippen MR) is 68.6 cm³/mol. The molecule has 4 amide bonds. The molecule has 0 saturated carbocycles. The lowest BCUT2D eigenvalue weighted by Crippen LogP contribution is -2.42. The average Bonchev–Trinajstić information content (AvgIpc) is 2.55. The van der Waals surface area contributed by atoms with Crippen LogP contribution in [-0.4, -0.2) is 54.0 Å². The number of nitrogens with one attached hydrogen (secondary N) is 2. The van der Waals surface area contributed by atoms with E-state index >= 15 is 0 Å². The number of ether oxygens (including phenoxy) is 1. The molecule has 0 radical (unpaired) electrons. The van der Waals surface area contributed by atoms with E-state index in [2.05, 4.69) is 15.4 Å². The van der Waals surface area contributed by atoms with E-state index in [-0.39, 0.29) is 18.9 Å². The molecule has 0 spiro atoms. The molecule has 0 aliphatic carbocycles. The van der Waals surface area contributed by atoms with Crippen LogP contribution in [0.5, 0.6) is 0 Å². The van der Waals surface area contributed by atoms with Crippen LogP contribution < -0.4 is 10.6 Å². The first-order valence-electron chi connectivity index (χ1n) is 6.20. The van der Waals surface area contributed by atoms with Crippen LogP contribution in [0.2, 0.25) is 0 Å². The molecule has 1 heterocycles. The lowest BCUT2D eigenvalue weighted by molar-refractivity contribution is -0.144. The van der Waals surface area contributed by atoms with Crippen molar-refractivity contribution >= 4 is 23.8 Å². The van der Waals surface area contributed by atoms with Crippen molar-refractivity contribution in [1.29, 1.82) is 0 Å². The molecule has 1 fully saturated rings. The van der Waals surface area contributed by atoms with Gasteiger partial charge in [0.05, 0.1) is 7.11 Å². The van der Waals surface area contributed by atoms with Crippen LogP contribution in [0.4, 0.5) is 4.79 Å². The summed E-state index contributed by atoms with van der Waals surface area (Å²) in [5.41, 5.74) is -0.952. The topological polar surface area (TPSA) is 105 Å². The van der Waals surface area contributed by atoms with E-state index in [1.54, 1.807) is 13.8 Å². The Morgan fingerprint density at radius 1 is 1.40 bits per heavy atom. The summed E-state index contributed by atoms with van der Waals surface area (Å²) in [4.78, 5) is 47.2. The van der Waals surface area contributed by atoms with Gasteiger partial charge in [0.15, 0.2) is 0 Å². The van der Waals surface area contributed by atoms with Gasteiger partial charge in [-0.2, -0.15) is 0 Å². The molecular formula is C12H19N3O5. The molecule has 1 atom stereocenters. The Kier molecular flexibility index (Phi) is 4.69. The monoisotopic (exact) mass is 285 g/mol. The number of amides is 4. The van der Waals surface area contributed by atoms with Gasteiger partial charge < -0.3 is 15.4 Å². The highest BCUT2D eigenvalue weighted by atomic mass is 16.5. The van der Waals surface area contributed by atoms with E-state index < -0.39 is 29.5 Å². The van der Waals surface area contributed by atoms with E-state index in [1.165, 1.54) is 14.0 Å². The van der Waals surface area contributed by atoms with Crippen molar-refractivity contribution in [3.63, 3.8) is 0 Å². The molecule has 0 bridgehead atoms. The number of esters is 1. The van der Waals surface area contributed by atoms with Crippen molar-refractivity contribution in [2.45, 2.75) is 38.8 Å². The molecule has 1 rings (SSSR count). The molecule has 1 saturated heterocycles. The van der Waals surface area contributed by atoms with Gasteiger partial charge in [-0.1, -0.05) is 0 Å². The van der Waals surface area contributed by atoms with Gasteiger partial charge in [-0.15, -0.1) is 0 Å². The lowest BCUT2D eigenvalue weighted by Gasteiger charge is -2.16. The molecule has 1 aliphatic heterocycles. The number of rotatable bonds is 5. The second-order valence-corrected chi connectivity index (χ2v) is 5.07. The van der Waals surface area contributed by atoms with Crippen LogP contribution in [0.1, 0.15) is 27.2 Å². The lowest BCUT2D eigenvalue weighted by atomic mass is 10.1. The summed E-state index contributed by atoms with van der Waals surface area (Å²) in [5.74, 6) is -1.38. The fourth-order valence-corrected chi connectivity index (χ4v) is 1.78. The van der Waals surface area contributed by atoms with Crippen LogP contribution in [-0.2, 0) is 19.1 Å². The van der Waals surface area contributed by atoms with Gasteiger partial charge in [0.1, 0.15) is 11.6 Å². The van der Waals surface area contributed by atoms with Crippen molar-refractivity contribution in [3.8, 4) is 0 Å². The number of nitrogens with zero attached hydrogens (tertiary/aromatic N) is 1. The molecule has 1 unspecified atom stereocenters. The van der Waals surface area contributed by atoms with Gasteiger partial charge in [-0.05, 0) is 20.8 Å². The molecule has 0 aromatic heterocycles. The zero-order valence-corrected chi connectivity index (χ0v) is 12.0. The fraction of sp³-hybridized carbons (Fsp3) is 0.667. The fourth-order valence-electron chi connectivity index (χ4n) is 1.78. The van der Waals surface area contributed by atoms with Crippen molar-refractivity contribution in [3.05, 3.63) is 0 Å². The third-order valence-corrected chi connectivity index (χ3v) is 2.94. The summed E-state index contributed by atoms with van der Waals surface area (Å²) in [6.07, 6.45) is -0.0728. The highest BCUT2D eigenvalue weighted by Crippen LogP contribution is 2.16. The van der Waals surface area contributed by atoms with Gasteiger partial charge in [-0.3, -0.25) is 14.5 Å². The standard InChI is InChI=1S/C12H19N3O5/c1-7(9(17)20-4)13-8(16)5-6-15-10(18)12(2,3)14-11(15)19/h7H,5-6H2,1-4H3,(H,13,16)(H,14,19). The number of urea groups is 1. The minimum Gasteiger partial charge on any atom is -0.467 e. The number of imide groups is 1. The highest BCUT2D eigenvalue weighted by Gasteiger charge is 2.44. The van der Waals surface area contributed by atoms with Crippen molar-refractivity contribution in [2.75, 3.05) is 13.7 Å². The Morgan fingerprint density at radius 3 is 2.45 bits per heavy atom. The zero-order chi connectivity index (χ0) is 15.5. The minimum atomic E-state index is -0.952. The maximum atomic E-state index is 11.9. The second kappa shape index (κ2) is 5.89. The predicted octanol–water partition coefficient (Wildman–Crippen LogP) is -0.615. The largest absolute Gasteiger partial charge is 0.467 e. The molecular weight excluding hydrogens is 266 g/mol. The molecule has 0 aromatic rings. The van der Waals surface area contributed by atoms with Gasteiger partial charge in [-0.25, -0.2) is 9.59 Å². The van der Waals surface area contributed by atoms with Crippen LogP contribution in [0.3, 0.4) is 0 Å². The van der Waals surface area contributed by atoms with Crippen molar-refractivity contribution < 1.29 is 23.9 Å². The normalized spacial score (nSPS) is 18.5. The highest BCUT2D eigenvalue weighted by molar-refractivity contribution is 6.06. The smallest absolute Gasteiger partial charge is 0.328 e. The van der Waals surface area contributed by atoms with E-state index in [9.17, 15) is 19.2 Å². The maximum Gasteiger partial charge on any atom is 0.328 e. The Morgan fingerprint density at radius 2 is 2.00 bits per heavy atom. The molecule has 8 heteroatoms. The first kappa shape index (κ1) is 15.9. The SMILES string of the molecule is COC(=O)C(C)NC(=O)CCN1C(=O)NC(C)(C)C1=O. The first-order chi connectivity index (χ1) is 9.19. The minimum absolute atomic E-state index is 0.0339. The summed E-state index contributed by atoms with van der Waals surface area (Å²) < 4.78 is 4.47. The number of methoxy groups -OCH3 is 1. The quantitative estimate of drug-likeness (QED) is 0.517. The Bertz CT molecular complexity index is 446. The first-order valence-corrected chi connectivity index (χ1v) is 6.20. The number of carbonyl (C=O) groups excluding carboxylic acids is 4. The molecule has 8 nitrogen and oxygen atoms in total. The number of carbonyl (C=O) groups is 4. The molecule has 2 N–H and O–H groups in total. The van der Waals surface area contributed by atoms with Gasteiger partial charge >= 0.3 is 12.0 Å². The van der Waals surface area contributed by atoms with Crippen LogP contribution in [0, 0.1) is 0 Å². The van der Waals surface area contributed by atoms with Gasteiger partial charge in [0, 0.05) is 13.0 Å². The molecule has 112 valence electrons. The number of hydrogen-bond donors (Lipinski definition) is 2. The van der Waals surface area contributed by atoms with Crippen LogP contribution in [0.15, 0.2) is 0 Å². The van der Waals surface area contributed by atoms with Crippen molar-refractivity contribution in [1.82, 2.24) is 15.5 Å². The summed E-state index contributed by atoms with van der Waals surface area (Å²) in [7, 11) is 1.22. The van der Waals surface area contributed by atoms with Crippen molar-refractivity contribution in [2.24, 2.45) is 0 Å². The third-order valence-electron chi connectivity index (χ3n) is 2.94. The number of hydrogen-bond acceptors (Lipinski definition) is 5. The van der Waals surface area contributed by atoms with Gasteiger partial charge in [0.2, 0.25) is 5.91 Å². The Labute approximate surface area is 116 Å². The molecule has 20 heavy (non-hydrogen) atoms. The molecule has 1 aliphatic rings. The van der Waals surface area contributed by atoms with E-state index in [0.29, 0.717) is 0 Å². The van der Waals surface area contributed by atoms with E-state index in [0.717, 1.165) is 4.90 Å². The second-order valence-electron chi connectivity index (χ2n) is 5.07. The average molecular weight is 285 g/mol. The van der Waals surface area contributed by atoms with E-state index in [1.807, 2.05) is 0 Å². The summed E-state index contributed by atoms with van der Waals surface area (Å²) in [5, 5.41) is 4.94. The zero-order valence-electron chi connectivity index (χ0n) is 12.0. The summed E-state index contributed by atoms with van der Waals surface area (Å²) >= 11 is 0. The van der Waals surface area contributed by atoms with Crippen LogP contribution in [0.25, 0.3) is 0 Å². The third kappa shape index (κ3) is 3.46. The summed E-state index contributed by atoms with van der Waals surface area (Å²) in [6.45, 7) is 4.63.